The molecule has 7 nitrogen and oxygen atoms in total. The van der Waals surface area contributed by atoms with Crippen LogP contribution in [-0.2, 0) is 14.2 Å². The molecule has 1 aromatic rings. The molecule has 0 saturated heterocycles. The molecule has 0 atom stereocenters. The smallest absolute Gasteiger partial charge is 0.691 e. The maximum atomic E-state index is 11.2. The summed E-state index contributed by atoms with van der Waals surface area (Å²) in [5.41, 5.74) is 0. The van der Waals surface area contributed by atoms with Gasteiger partial charge in [-0.15, -0.1) is 0 Å². The van der Waals surface area contributed by atoms with Gasteiger partial charge in [0.05, 0.1) is 24.7 Å². The largest absolute Gasteiger partial charge is 1.00 e. The Kier molecular flexibility index (Phi) is 10.4. The minimum Gasteiger partial charge on any atom is -0.691 e. The zero-order chi connectivity index (χ0) is 12.7. The van der Waals surface area contributed by atoms with E-state index in [0.29, 0.717) is 16.5 Å². The number of aromatic hydroxyl groups is 1. The van der Waals surface area contributed by atoms with E-state index in [0.717, 1.165) is 0 Å². The number of aromatic nitrogens is 1. The van der Waals surface area contributed by atoms with E-state index in [9.17, 15) is 15.2 Å². The number of rotatable bonds is 6. The van der Waals surface area contributed by atoms with Gasteiger partial charge in [0.25, 0.3) is 0 Å². The summed E-state index contributed by atoms with van der Waals surface area (Å²) < 4.78 is 9.51. The van der Waals surface area contributed by atoms with Gasteiger partial charge in [-0.05, 0) is 0 Å². The average molecular weight is 395 g/mol. The first-order valence-corrected chi connectivity index (χ1v) is 6.53. The second-order valence-electron chi connectivity index (χ2n) is 2.63. The molecule has 0 radical (unpaired) electrons. The van der Waals surface area contributed by atoms with Crippen LogP contribution >= 0.6 is 34.6 Å². The SMILES string of the molecule is O=C(CCI)Oc1cnc(SOO[O-])c(O)c1.[Na+]. The maximum Gasteiger partial charge on any atom is 1.00 e. The third-order valence-electron chi connectivity index (χ3n) is 1.48. The number of carbonyl (C=O) groups is 1. The van der Waals surface area contributed by atoms with E-state index in [-0.39, 0.29) is 52.5 Å². The predicted molar refractivity (Wildman–Crippen MR) is 63.1 cm³/mol. The van der Waals surface area contributed by atoms with Crippen LogP contribution in [0.3, 0.4) is 0 Å². The van der Waals surface area contributed by atoms with Crippen molar-refractivity contribution in [2.75, 3.05) is 4.43 Å². The van der Waals surface area contributed by atoms with Gasteiger partial charge in [-0.3, -0.25) is 9.83 Å². The number of pyridine rings is 1. The molecule has 1 aromatic heterocycles. The summed E-state index contributed by atoms with van der Waals surface area (Å²) in [5, 5.41) is 22.1. The summed E-state index contributed by atoms with van der Waals surface area (Å²) in [6.45, 7) is 0. The van der Waals surface area contributed by atoms with Crippen LogP contribution in [-0.4, -0.2) is 20.5 Å². The molecular weight excluding hydrogens is 388 g/mol. The van der Waals surface area contributed by atoms with Gasteiger partial charge >= 0.3 is 35.5 Å². The molecule has 1 heterocycles. The molecule has 1 rings (SSSR count). The van der Waals surface area contributed by atoms with Crippen LogP contribution in [0.1, 0.15) is 6.42 Å². The fourth-order valence-electron chi connectivity index (χ4n) is 0.848. The van der Waals surface area contributed by atoms with Crippen molar-refractivity contribution in [3.05, 3.63) is 12.3 Å². The van der Waals surface area contributed by atoms with E-state index in [1.54, 1.807) is 0 Å². The summed E-state index contributed by atoms with van der Waals surface area (Å²) >= 11 is 2.49. The first-order valence-electron chi connectivity index (χ1n) is 4.26. The molecule has 0 bridgehead atoms. The van der Waals surface area contributed by atoms with Crippen LogP contribution in [0.2, 0.25) is 0 Å². The summed E-state index contributed by atoms with van der Waals surface area (Å²) in [5.74, 6) is -0.586. The maximum absolute atomic E-state index is 11.2. The molecule has 0 aliphatic carbocycles. The Morgan fingerprint density at radius 1 is 1.61 bits per heavy atom. The molecule has 10 heteroatoms. The molecule has 0 aliphatic rings. The van der Waals surface area contributed by atoms with Crippen molar-refractivity contribution < 1.29 is 58.8 Å². The second-order valence-corrected chi connectivity index (χ2v) is 4.40. The molecule has 0 unspecified atom stereocenters. The van der Waals surface area contributed by atoms with Crippen LogP contribution < -0.4 is 39.6 Å². The summed E-state index contributed by atoms with van der Waals surface area (Å²) in [7, 11) is 0. The van der Waals surface area contributed by atoms with Crippen molar-refractivity contribution in [2.45, 2.75) is 11.4 Å². The van der Waals surface area contributed by atoms with E-state index in [4.69, 9.17) is 4.74 Å². The Hall–Kier alpha value is 0.380. The molecule has 0 aromatic carbocycles. The van der Waals surface area contributed by atoms with Crippen molar-refractivity contribution in [2.24, 2.45) is 0 Å². The Morgan fingerprint density at radius 2 is 2.33 bits per heavy atom. The fourth-order valence-corrected chi connectivity index (χ4v) is 1.62. The monoisotopic (exact) mass is 395 g/mol. The number of esters is 1. The van der Waals surface area contributed by atoms with Gasteiger partial charge in [-0.2, -0.15) is 4.33 Å². The predicted octanol–water partition coefficient (Wildman–Crippen LogP) is -2.25. The number of hydrogen-bond donors (Lipinski definition) is 1. The second kappa shape index (κ2) is 10.2. The minimum atomic E-state index is -0.417. The van der Waals surface area contributed by atoms with Crippen molar-refractivity contribution in [3.63, 3.8) is 0 Å². The molecule has 0 saturated carbocycles. The van der Waals surface area contributed by atoms with Crippen LogP contribution in [0, 0.1) is 0 Å². The van der Waals surface area contributed by atoms with Crippen molar-refractivity contribution in [1.82, 2.24) is 4.98 Å². The number of nitrogens with zero attached hydrogens (tertiary/aromatic N) is 1. The van der Waals surface area contributed by atoms with Crippen LogP contribution in [0.5, 0.6) is 11.5 Å². The first-order chi connectivity index (χ1) is 8.17. The first kappa shape index (κ1) is 18.4. The van der Waals surface area contributed by atoms with Gasteiger partial charge in [-0.25, -0.2) is 4.98 Å². The molecule has 0 aliphatic heterocycles. The number of hydrogen-bond acceptors (Lipinski definition) is 8. The molecule has 1 N–H and O–H groups in total. The Morgan fingerprint density at radius 3 is 2.89 bits per heavy atom. The van der Waals surface area contributed by atoms with Gasteiger partial charge < -0.3 is 15.1 Å². The standard InChI is InChI=1S/C8H8INO6S.Na/c9-2-1-7(12)14-5-3-6(11)8(10-4-5)17-16-15-13;/h3-4,11,13H,1-2H2;/q;+1/p-1. The van der Waals surface area contributed by atoms with E-state index < -0.39 is 5.97 Å². The molecule has 94 valence electrons. The Labute approximate surface area is 143 Å². The van der Waals surface area contributed by atoms with Crippen LogP contribution in [0.15, 0.2) is 17.3 Å². The topological polar surface area (TPSA) is 101 Å². The Bertz CT molecular complexity index is 396. The van der Waals surface area contributed by atoms with Gasteiger partial charge in [0, 0.05) is 10.5 Å². The molecular formula is C8H7INNaO6S. The zero-order valence-corrected chi connectivity index (χ0v) is 14.3. The molecule has 18 heavy (non-hydrogen) atoms. The summed E-state index contributed by atoms with van der Waals surface area (Å²) in [6.07, 6.45) is 1.49. The van der Waals surface area contributed by atoms with Crippen LogP contribution in [0.25, 0.3) is 0 Å². The van der Waals surface area contributed by atoms with Crippen molar-refractivity contribution in [3.8, 4) is 11.5 Å². The molecule has 0 fully saturated rings. The van der Waals surface area contributed by atoms with Crippen molar-refractivity contribution in [1.29, 1.82) is 0 Å². The Balaban J connectivity index is 0.00000289. The van der Waals surface area contributed by atoms with Crippen molar-refractivity contribution >= 4 is 40.6 Å². The number of alkyl halides is 1. The zero-order valence-electron chi connectivity index (χ0n) is 9.29. The van der Waals surface area contributed by atoms with Gasteiger partial charge in [0.15, 0.2) is 16.5 Å². The van der Waals surface area contributed by atoms with E-state index in [2.05, 4.69) is 14.4 Å². The molecule has 0 spiro atoms. The van der Waals surface area contributed by atoms with Gasteiger partial charge in [-0.1, -0.05) is 22.6 Å². The number of halogens is 1. The van der Waals surface area contributed by atoms with E-state index in [1.807, 2.05) is 22.6 Å². The number of ether oxygens (including phenoxy) is 1. The number of carbonyl (C=O) groups excluding carboxylic acids is 1. The third kappa shape index (κ3) is 6.52. The average Bonchev–Trinajstić information content (AvgIpc) is 2.28. The normalized spacial score (nSPS) is 9.67. The summed E-state index contributed by atoms with van der Waals surface area (Å²) in [6, 6.07) is 1.19. The molecule has 0 amide bonds. The van der Waals surface area contributed by atoms with Gasteiger partial charge in [0.2, 0.25) is 0 Å². The minimum absolute atomic E-state index is 0. The van der Waals surface area contributed by atoms with Gasteiger partial charge in [0.1, 0.15) is 0 Å². The van der Waals surface area contributed by atoms with E-state index >= 15 is 0 Å². The third-order valence-corrected chi connectivity index (χ3v) is 2.61. The summed E-state index contributed by atoms with van der Waals surface area (Å²) in [4.78, 5) is 14.9. The van der Waals surface area contributed by atoms with E-state index in [1.165, 1.54) is 12.3 Å². The van der Waals surface area contributed by atoms with Crippen LogP contribution in [0.4, 0.5) is 0 Å². The fraction of sp³-hybridized carbons (Fsp3) is 0.250. The quantitative estimate of drug-likeness (QED) is 0.110.